The topological polar surface area (TPSA) is 51.2 Å². The van der Waals surface area contributed by atoms with E-state index in [-0.39, 0.29) is 6.04 Å². The summed E-state index contributed by atoms with van der Waals surface area (Å²) in [5.74, 6) is 6.41. The minimum atomic E-state index is 0.0755. The first-order valence-electron chi connectivity index (χ1n) is 8.49. The Kier molecular flexibility index (Phi) is 10.7. The van der Waals surface area contributed by atoms with Gasteiger partial charge < -0.3 is 4.42 Å². The number of nitrogens with two attached hydrogens (primary N) is 1. The molecule has 3 N–H and O–H groups in total. The summed E-state index contributed by atoms with van der Waals surface area (Å²) in [6, 6.07) is 3.73. The van der Waals surface area contributed by atoms with Gasteiger partial charge in [0.05, 0.1) is 6.04 Å². The van der Waals surface area contributed by atoms with Crippen molar-refractivity contribution in [3.8, 4) is 0 Å². The van der Waals surface area contributed by atoms with Crippen LogP contribution in [0.5, 0.6) is 0 Å². The molecule has 4 heteroatoms. The third-order valence-corrected chi connectivity index (χ3v) is 4.19. The van der Waals surface area contributed by atoms with E-state index in [1.54, 1.807) is 6.07 Å². The minimum absolute atomic E-state index is 0.0755. The van der Waals surface area contributed by atoms with Gasteiger partial charge in [0.15, 0.2) is 5.22 Å². The molecule has 0 aliphatic carbocycles. The van der Waals surface area contributed by atoms with E-state index in [1.807, 2.05) is 6.07 Å². The van der Waals surface area contributed by atoms with Gasteiger partial charge in [-0.2, -0.15) is 0 Å². The van der Waals surface area contributed by atoms with Gasteiger partial charge in [-0.1, -0.05) is 71.1 Å². The average molecular weight is 315 g/mol. The van der Waals surface area contributed by atoms with Gasteiger partial charge in [-0.15, -0.1) is 0 Å². The quantitative estimate of drug-likeness (QED) is 0.277. The number of halogens is 1. The van der Waals surface area contributed by atoms with E-state index < -0.39 is 0 Å². The molecule has 0 saturated carbocycles. The fourth-order valence-corrected chi connectivity index (χ4v) is 2.81. The fraction of sp³-hybridized carbons (Fsp3) is 0.765. The second-order valence-electron chi connectivity index (χ2n) is 5.83. The predicted octanol–water partition coefficient (Wildman–Crippen LogP) is 5.75. The van der Waals surface area contributed by atoms with Crippen LogP contribution >= 0.6 is 11.6 Å². The molecule has 0 aliphatic heterocycles. The largest absolute Gasteiger partial charge is 0.448 e. The number of nitrogens with one attached hydrogen (secondary N) is 1. The molecule has 0 saturated heterocycles. The number of hydrogen-bond acceptors (Lipinski definition) is 3. The Morgan fingerprint density at radius 2 is 1.57 bits per heavy atom. The van der Waals surface area contributed by atoms with E-state index >= 15 is 0 Å². The highest BCUT2D eigenvalue weighted by Crippen LogP contribution is 2.24. The van der Waals surface area contributed by atoms with E-state index in [9.17, 15) is 0 Å². The predicted molar refractivity (Wildman–Crippen MR) is 90.2 cm³/mol. The summed E-state index contributed by atoms with van der Waals surface area (Å²) in [4.78, 5) is 0. The molecule has 0 amide bonds. The Bertz CT molecular complexity index is 354. The van der Waals surface area contributed by atoms with E-state index in [0.29, 0.717) is 5.22 Å². The molecular weight excluding hydrogens is 284 g/mol. The molecule has 1 aromatic heterocycles. The lowest BCUT2D eigenvalue weighted by Gasteiger charge is -2.12. The first-order chi connectivity index (χ1) is 10.3. The number of unbranched alkanes of at least 4 members (excludes halogenated alkanes) is 9. The van der Waals surface area contributed by atoms with Crippen molar-refractivity contribution in [2.24, 2.45) is 5.84 Å². The van der Waals surface area contributed by atoms with Crippen LogP contribution in [-0.2, 0) is 0 Å². The van der Waals surface area contributed by atoms with E-state index in [2.05, 4.69) is 12.3 Å². The minimum Gasteiger partial charge on any atom is -0.448 e. The summed E-state index contributed by atoms with van der Waals surface area (Å²) in [7, 11) is 0. The zero-order valence-corrected chi connectivity index (χ0v) is 14.1. The number of hydrazine groups is 1. The van der Waals surface area contributed by atoms with Crippen LogP contribution in [0, 0.1) is 0 Å². The van der Waals surface area contributed by atoms with Crippen LogP contribution < -0.4 is 11.3 Å². The molecule has 1 unspecified atom stereocenters. The van der Waals surface area contributed by atoms with Gasteiger partial charge in [0.2, 0.25) is 0 Å². The maximum Gasteiger partial charge on any atom is 0.193 e. The molecule has 1 aromatic rings. The maximum absolute atomic E-state index is 5.79. The van der Waals surface area contributed by atoms with Crippen LogP contribution in [-0.4, -0.2) is 0 Å². The Balaban J connectivity index is 1.98. The van der Waals surface area contributed by atoms with Gasteiger partial charge in [-0.25, -0.2) is 5.43 Å². The lowest BCUT2D eigenvalue weighted by atomic mass is 10.0. The molecular formula is C17H31ClN2O. The Labute approximate surface area is 134 Å². The summed E-state index contributed by atoms with van der Waals surface area (Å²) in [5, 5.41) is 0.424. The molecule has 0 spiro atoms. The summed E-state index contributed by atoms with van der Waals surface area (Å²) < 4.78 is 5.40. The third kappa shape index (κ3) is 8.50. The van der Waals surface area contributed by atoms with Crippen LogP contribution in [0.1, 0.15) is 89.4 Å². The number of hydrogen-bond donors (Lipinski definition) is 2. The van der Waals surface area contributed by atoms with Crippen molar-refractivity contribution >= 4 is 11.6 Å². The van der Waals surface area contributed by atoms with Crippen LogP contribution in [0.3, 0.4) is 0 Å². The second kappa shape index (κ2) is 12.1. The second-order valence-corrected chi connectivity index (χ2v) is 6.20. The molecule has 1 atom stereocenters. The summed E-state index contributed by atoms with van der Waals surface area (Å²) in [6.07, 6.45) is 14.4. The smallest absolute Gasteiger partial charge is 0.193 e. The van der Waals surface area contributed by atoms with E-state index in [0.717, 1.165) is 12.2 Å². The lowest BCUT2D eigenvalue weighted by Crippen LogP contribution is -2.27. The highest BCUT2D eigenvalue weighted by molar-refractivity contribution is 6.28. The van der Waals surface area contributed by atoms with Crippen molar-refractivity contribution < 1.29 is 4.42 Å². The molecule has 1 heterocycles. The maximum atomic E-state index is 5.79. The fourth-order valence-electron chi connectivity index (χ4n) is 2.66. The average Bonchev–Trinajstić information content (AvgIpc) is 2.91. The van der Waals surface area contributed by atoms with Crippen LogP contribution in [0.25, 0.3) is 0 Å². The third-order valence-electron chi connectivity index (χ3n) is 3.98. The zero-order chi connectivity index (χ0) is 15.3. The first kappa shape index (κ1) is 18.5. The highest BCUT2D eigenvalue weighted by Gasteiger charge is 2.13. The Morgan fingerprint density at radius 3 is 2.05 bits per heavy atom. The van der Waals surface area contributed by atoms with E-state index in [4.69, 9.17) is 21.9 Å². The van der Waals surface area contributed by atoms with Crippen molar-refractivity contribution in [1.29, 1.82) is 0 Å². The monoisotopic (exact) mass is 314 g/mol. The number of rotatable bonds is 13. The van der Waals surface area contributed by atoms with Gasteiger partial charge in [-0.05, 0) is 30.2 Å². The highest BCUT2D eigenvalue weighted by atomic mass is 35.5. The molecule has 3 nitrogen and oxygen atoms in total. The van der Waals surface area contributed by atoms with Crippen LogP contribution in [0.4, 0.5) is 0 Å². The van der Waals surface area contributed by atoms with Crippen LogP contribution in [0.2, 0.25) is 5.22 Å². The molecule has 0 fully saturated rings. The molecule has 0 aromatic carbocycles. The molecule has 0 aliphatic rings. The Morgan fingerprint density at radius 1 is 1.00 bits per heavy atom. The molecule has 122 valence electrons. The molecule has 1 rings (SSSR count). The lowest BCUT2D eigenvalue weighted by molar-refractivity contribution is 0.389. The first-order valence-corrected chi connectivity index (χ1v) is 8.87. The molecule has 0 bridgehead atoms. The van der Waals surface area contributed by atoms with Gasteiger partial charge in [0.1, 0.15) is 5.76 Å². The van der Waals surface area contributed by atoms with Gasteiger partial charge >= 0.3 is 0 Å². The van der Waals surface area contributed by atoms with E-state index in [1.165, 1.54) is 64.2 Å². The number of furan rings is 1. The summed E-state index contributed by atoms with van der Waals surface area (Å²) in [6.45, 7) is 2.26. The molecule has 0 radical (unpaired) electrons. The van der Waals surface area contributed by atoms with Gasteiger partial charge in [-0.3, -0.25) is 5.84 Å². The van der Waals surface area contributed by atoms with Crippen molar-refractivity contribution in [3.63, 3.8) is 0 Å². The van der Waals surface area contributed by atoms with Crippen molar-refractivity contribution in [3.05, 3.63) is 23.1 Å². The van der Waals surface area contributed by atoms with Crippen molar-refractivity contribution in [2.45, 2.75) is 83.6 Å². The van der Waals surface area contributed by atoms with Crippen LogP contribution in [0.15, 0.2) is 16.5 Å². The Hall–Kier alpha value is -0.510. The summed E-state index contributed by atoms with van der Waals surface area (Å²) >= 11 is 5.79. The van der Waals surface area contributed by atoms with Crippen molar-refractivity contribution in [1.82, 2.24) is 5.43 Å². The normalized spacial score (nSPS) is 12.7. The SMILES string of the molecule is CCCCCCCCCCCCC(NN)c1ccc(Cl)o1. The standard InChI is InChI=1S/C17H31ClN2O/c1-2-3-4-5-6-7-8-9-10-11-12-15(20-19)16-13-14-17(18)21-16/h13-15,20H,2-12,19H2,1H3. The van der Waals surface area contributed by atoms with Gasteiger partial charge in [0.25, 0.3) is 0 Å². The molecule has 21 heavy (non-hydrogen) atoms. The summed E-state index contributed by atoms with van der Waals surface area (Å²) in [5.41, 5.74) is 2.81. The zero-order valence-electron chi connectivity index (χ0n) is 13.4. The van der Waals surface area contributed by atoms with Crippen molar-refractivity contribution in [2.75, 3.05) is 0 Å². The van der Waals surface area contributed by atoms with Gasteiger partial charge in [0, 0.05) is 0 Å².